The normalized spacial score (nSPS) is 17.0. The number of carboxylic acid groups (broad SMARTS) is 1. The predicted octanol–water partition coefficient (Wildman–Crippen LogP) is 2.10. The van der Waals surface area contributed by atoms with Crippen molar-refractivity contribution in [3.63, 3.8) is 0 Å². The molecule has 0 saturated carbocycles. The van der Waals surface area contributed by atoms with Gasteiger partial charge in [0, 0.05) is 24.8 Å². The highest BCUT2D eigenvalue weighted by Gasteiger charge is 2.37. The number of aryl methyl sites for hydroxylation is 2. The highest BCUT2D eigenvalue weighted by Crippen LogP contribution is 2.39. The van der Waals surface area contributed by atoms with Gasteiger partial charge in [0.05, 0.1) is 11.4 Å². The molecule has 0 spiro atoms. The standard InChI is InChI=1S/C19H22N6O4/c1-11-3-4-14(12(2)22-11)23-17-16-18(21-10-20-17)25(15(26)9-29-16)13-5-7-24(8-6-13)19(27)28/h3-4,10,13H,5-9H2,1-2H3,(H,27,28)(H,20,21,23). The molecule has 0 bridgehead atoms. The van der Waals surface area contributed by atoms with Gasteiger partial charge in [-0.05, 0) is 38.8 Å². The molecular weight excluding hydrogens is 376 g/mol. The van der Waals surface area contributed by atoms with Crippen LogP contribution in [0.15, 0.2) is 18.5 Å². The van der Waals surface area contributed by atoms with E-state index in [4.69, 9.17) is 9.84 Å². The second kappa shape index (κ2) is 7.53. The highest BCUT2D eigenvalue weighted by molar-refractivity contribution is 5.98. The van der Waals surface area contributed by atoms with Gasteiger partial charge in [-0.25, -0.2) is 14.8 Å². The average molecular weight is 398 g/mol. The molecule has 2 aromatic heterocycles. The zero-order valence-electron chi connectivity index (χ0n) is 16.3. The summed E-state index contributed by atoms with van der Waals surface area (Å²) in [5.74, 6) is 1.09. The molecule has 1 saturated heterocycles. The van der Waals surface area contributed by atoms with Crippen LogP contribution < -0.4 is 15.0 Å². The van der Waals surface area contributed by atoms with Crippen LogP contribution in [-0.4, -0.2) is 62.7 Å². The molecule has 2 N–H and O–H groups in total. The van der Waals surface area contributed by atoms with Crippen LogP contribution in [0.3, 0.4) is 0 Å². The van der Waals surface area contributed by atoms with E-state index in [1.165, 1.54) is 11.2 Å². The molecule has 10 heteroatoms. The van der Waals surface area contributed by atoms with Crippen molar-refractivity contribution in [2.45, 2.75) is 32.7 Å². The Kier molecular flexibility index (Phi) is 4.91. The quantitative estimate of drug-likeness (QED) is 0.806. The van der Waals surface area contributed by atoms with Gasteiger partial charge in [-0.15, -0.1) is 0 Å². The Labute approximate surface area is 167 Å². The van der Waals surface area contributed by atoms with E-state index in [-0.39, 0.29) is 18.6 Å². The lowest BCUT2D eigenvalue weighted by Crippen LogP contribution is -2.51. The number of hydrogen-bond acceptors (Lipinski definition) is 7. The molecule has 0 atom stereocenters. The van der Waals surface area contributed by atoms with Gasteiger partial charge in [0.1, 0.15) is 6.33 Å². The molecule has 4 rings (SSSR count). The summed E-state index contributed by atoms with van der Waals surface area (Å²) < 4.78 is 5.68. The first-order valence-electron chi connectivity index (χ1n) is 9.43. The summed E-state index contributed by atoms with van der Waals surface area (Å²) in [5, 5.41) is 12.4. The van der Waals surface area contributed by atoms with Gasteiger partial charge in [0.25, 0.3) is 5.91 Å². The van der Waals surface area contributed by atoms with E-state index in [1.807, 2.05) is 26.0 Å². The number of nitrogens with zero attached hydrogens (tertiary/aromatic N) is 5. The van der Waals surface area contributed by atoms with Gasteiger partial charge in [-0.2, -0.15) is 0 Å². The zero-order chi connectivity index (χ0) is 20.5. The third-order valence-electron chi connectivity index (χ3n) is 5.20. The summed E-state index contributed by atoms with van der Waals surface area (Å²) in [7, 11) is 0. The van der Waals surface area contributed by atoms with Crippen molar-refractivity contribution in [3.8, 4) is 5.75 Å². The Balaban J connectivity index is 1.62. The number of rotatable bonds is 3. The first-order valence-corrected chi connectivity index (χ1v) is 9.43. The number of hydrogen-bond donors (Lipinski definition) is 2. The van der Waals surface area contributed by atoms with Crippen LogP contribution in [0, 0.1) is 13.8 Å². The van der Waals surface area contributed by atoms with E-state index < -0.39 is 6.09 Å². The molecule has 0 radical (unpaired) electrons. The van der Waals surface area contributed by atoms with Gasteiger partial charge in [0.2, 0.25) is 5.75 Å². The highest BCUT2D eigenvalue weighted by atomic mass is 16.5. The second-order valence-electron chi connectivity index (χ2n) is 7.14. The van der Waals surface area contributed by atoms with Gasteiger partial charge in [0.15, 0.2) is 18.2 Å². The van der Waals surface area contributed by atoms with E-state index in [0.29, 0.717) is 43.3 Å². The van der Waals surface area contributed by atoms with Crippen LogP contribution in [0.1, 0.15) is 24.2 Å². The number of carbonyl (C=O) groups excluding carboxylic acids is 1. The van der Waals surface area contributed by atoms with Crippen molar-refractivity contribution in [2.24, 2.45) is 0 Å². The van der Waals surface area contributed by atoms with E-state index in [9.17, 15) is 9.59 Å². The number of likely N-dealkylation sites (tertiary alicyclic amines) is 1. The van der Waals surface area contributed by atoms with Gasteiger partial charge < -0.3 is 20.1 Å². The Morgan fingerprint density at radius 3 is 2.69 bits per heavy atom. The first-order chi connectivity index (χ1) is 13.9. The van der Waals surface area contributed by atoms with Crippen molar-refractivity contribution >= 4 is 29.3 Å². The Morgan fingerprint density at radius 1 is 1.24 bits per heavy atom. The number of nitrogens with one attached hydrogen (secondary N) is 1. The molecule has 152 valence electrons. The third-order valence-corrected chi connectivity index (χ3v) is 5.20. The third kappa shape index (κ3) is 3.65. The number of fused-ring (bicyclic) bond motifs is 1. The lowest BCUT2D eigenvalue weighted by Gasteiger charge is -2.39. The monoisotopic (exact) mass is 398 g/mol. The fourth-order valence-electron chi connectivity index (χ4n) is 3.72. The SMILES string of the molecule is Cc1ccc(Nc2ncnc3c2OCC(=O)N3C2CCN(C(=O)O)CC2)c(C)n1. The lowest BCUT2D eigenvalue weighted by atomic mass is 10.0. The average Bonchev–Trinajstić information content (AvgIpc) is 2.70. The van der Waals surface area contributed by atoms with Gasteiger partial charge >= 0.3 is 6.09 Å². The Morgan fingerprint density at radius 2 is 2.00 bits per heavy atom. The maximum absolute atomic E-state index is 12.6. The Hall–Kier alpha value is -3.43. The molecule has 0 aromatic carbocycles. The van der Waals surface area contributed by atoms with Crippen LogP contribution in [0.2, 0.25) is 0 Å². The summed E-state index contributed by atoms with van der Waals surface area (Å²) in [5.41, 5.74) is 2.53. The van der Waals surface area contributed by atoms with Crippen molar-refractivity contribution in [3.05, 3.63) is 29.8 Å². The molecular formula is C19H22N6O4. The fourth-order valence-corrected chi connectivity index (χ4v) is 3.72. The van der Waals surface area contributed by atoms with Gasteiger partial charge in [-0.3, -0.25) is 14.7 Å². The number of pyridine rings is 1. The summed E-state index contributed by atoms with van der Waals surface area (Å²) in [6.07, 6.45) is 1.55. The minimum Gasteiger partial charge on any atom is -0.476 e. The van der Waals surface area contributed by atoms with Gasteiger partial charge in [-0.1, -0.05) is 0 Å². The molecule has 0 aliphatic carbocycles. The minimum atomic E-state index is -0.937. The maximum Gasteiger partial charge on any atom is 0.407 e. The minimum absolute atomic E-state index is 0.112. The van der Waals surface area contributed by atoms with Crippen molar-refractivity contribution in [1.29, 1.82) is 0 Å². The maximum atomic E-state index is 12.6. The second-order valence-corrected chi connectivity index (χ2v) is 7.14. The summed E-state index contributed by atoms with van der Waals surface area (Å²) in [6.45, 7) is 4.47. The van der Waals surface area contributed by atoms with Crippen LogP contribution in [0.4, 0.5) is 22.1 Å². The fraction of sp³-hybridized carbons (Fsp3) is 0.421. The van der Waals surface area contributed by atoms with E-state index in [2.05, 4.69) is 20.3 Å². The first kappa shape index (κ1) is 18.9. The molecule has 0 unspecified atom stereocenters. The van der Waals surface area contributed by atoms with Crippen LogP contribution >= 0.6 is 0 Å². The zero-order valence-corrected chi connectivity index (χ0v) is 16.3. The molecule has 1 fully saturated rings. The van der Waals surface area contributed by atoms with Crippen molar-refractivity contribution in [1.82, 2.24) is 19.9 Å². The predicted molar refractivity (Wildman–Crippen MR) is 105 cm³/mol. The van der Waals surface area contributed by atoms with Crippen LogP contribution in [0.5, 0.6) is 5.75 Å². The molecule has 10 nitrogen and oxygen atoms in total. The smallest absolute Gasteiger partial charge is 0.407 e. The molecule has 2 aromatic rings. The lowest BCUT2D eigenvalue weighted by molar-refractivity contribution is -0.122. The van der Waals surface area contributed by atoms with Crippen LogP contribution in [0.25, 0.3) is 0 Å². The topological polar surface area (TPSA) is 121 Å². The van der Waals surface area contributed by atoms with E-state index in [0.717, 1.165) is 17.1 Å². The number of piperidine rings is 1. The summed E-state index contributed by atoms with van der Waals surface area (Å²) in [6, 6.07) is 3.68. The summed E-state index contributed by atoms with van der Waals surface area (Å²) >= 11 is 0. The number of ether oxygens (including phenoxy) is 1. The van der Waals surface area contributed by atoms with E-state index in [1.54, 1.807) is 4.90 Å². The summed E-state index contributed by atoms with van der Waals surface area (Å²) in [4.78, 5) is 39.8. The van der Waals surface area contributed by atoms with Crippen molar-refractivity contribution in [2.75, 3.05) is 29.9 Å². The molecule has 4 heterocycles. The molecule has 2 aliphatic heterocycles. The molecule has 2 amide bonds. The van der Waals surface area contributed by atoms with Crippen LogP contribution in [-0.2, 0) is 4.79 Å². The molecule has 29 heavy (non-hydrogen) atoms. The number of aromatic nitrogens is 3. The number of carbonyl (C=O) groups is 2. The molecule has 2 aliphatic rings. The largest absolute Gasteiger partial charge is 0.476 e. The van der Waals surface area contributed by atoms with E-state index >= 15 is 0 Å². The Bertz CT molecular complexity index is 958. The number of anilines is 3. The van der Waals surface area contributed by atoms with Crippen molar-refractivity contribution < 1.29 is 19.4 Å². The number of amides is 2.